The summed E-state index contributed by atoms with van der Waals surface area (Å²) in [5, 5.41) is 2.67. The highest BCUT2D eigenvalue weighted by atomic mass is 32.2. The first-order valence-electron chi connectivity index (χ1n) is 4.84. The monoisotopic (exact) mass is 283 g/mol. The van der Waals surface area contributed by atoms with Gasteiger partial charge in [-0.1, -0.05) is 0 Å². The third kappa shape index (κ3) is 3.57. The SMILES string of the molecule is CNc1ccc(S(=O)(=O)N(C)CC(F)(F)F)cn1. The summed E-state index contributed by atoms with van der Waals surface area (Å²) in [6, 6.07) is 2.56. The highest BCUT2D eigenvalue weighted by Gasteiger charge is 2.34. The Hall–Kier alpha value is -1.35. The Kier molecular flexibility index (Phi) is 4.17. The van der Waals surface area contributed by atoms with Crippen molar-refractivity contribution in [2.75, 3.05) is 26.0 Å². The van der Waals surface area contributed by atoms with Crippen LogP contribution in [0.3, 0.4) is 0 Å². The summed E-state index contributed by atoms with van der Waals surface area (Å²) in [4.78, 5) is 3.46. The number of nitrogens with zero attached hydrogens (tertiary/aromatic N) is 2. The molecule has 0 radical (unpaired) electrons. The summed E-state index contributed by atoms with van der Waals surface area (Å²) >= 11 is 0. The number of halogens is 3. The third-order valence-electron chi connectivity index (χ3n) is 2.10. The van der Waals surface area contributed by atoms with Crippen molar-refractivity contribution in [3.8, 4) is 0 Å². The van der Waals surface area contributed by atoms with Crippen LogP contribution in [0.15, 0.2) is 23.2 Å². The molecule has 1 aromatic heterocycles. The average molecular weight is 283 g/mol. The molecule has 0 unspecified atom stereocenters. The molecule has 0 saturated heterocycles. The number of hydrogen-bond acceptors (Lipinski definition) is 4. The van der Waals surface area contributed by atoms with Gasteiger partial charge in [0.1, 0.15) is 17.3 Å². The Labute approximate surface area is 103 Å². The van der Waals surface area contributed by atoms with E-state index in [1.807, 2.05) is 0 Å². The topological polar surface area (TPSA) is 62.3 Å². The number of aromatic nitrogens is 1. The van der Waals surface area contributed by atoms with Crippen molar-refractivity contribution in [1.29, 1.82) is 0 Å². The van der Waals surface area contributed by atoms with E-state index in [0.29, 0.717) is 5.82 Å². The van der Waals surface area contributed by atoms with Crippen LogP contribution in [0.1, 0.15) is 0 Å². The van der Waals surface area contributed by atoms with Gasteiger partial charge in [-0.3, -0.25) is 0 Å². The van der Waals surface area contributed by atoms with Crippen molar-refractivity contribution in [2.24, 2.45) is 0 Å². The summed E-state index contributed by atoms with van der Waals surface area (Å²) in [6.07, 6.45) is -3.58. The molecule has 0 amide bonds. The lowest BCUT2D eigenvalue weighted by Crippen LogP contribution is -2.35. The van der Waals surface area contributed by atoms with Crippen molar-refractivity contribution in [3.63, 3.8) is 0 Å². The van der Waals surface area contributed by atoms with E-state index in [2.05, 4.69) is 10.3 Å². The van der Waals surface area contributed by atoms with Gasteiger partial charge in [-0.25, -0.2) is 13.4 Å². The Bertz CT molecular complexity index is 499. The second-order valence-electron chi connectivity index (χ2n) is 3.51. The molecule has 0 spiro atoms. The summed E-state index contributed by atoms with van der Waals surface area (Å²) in [5.41, 5.74) is 0. The Morgan fingerprint density at radius 2 is 2.00 bits per heavy atom. The molecular formula is C9H12F3N3O2S. The quantitative estimate of drug-likeness (QED) is 0.905. The second kappa shape index (κ2) is 5.11. The highest BCUT2D eigenvalue weighted by Crippen LogP contribution is 2.21. The first-order valence-corrected chi connectivity index (χ1v) is 6.28. The molecule has 0 fully saturated rings. The molecule has 1 heterocycles. The van der Waals surface area contributed by atoms with Crippen LogP contribution in [-0.4, -0.2) is 44.5 Å². The number of pyridine rings is 1. The zero-order valence-corrected chi connectivity index (χ0v) is 10.5. The molecule has 0 aliphatic heterocycles. The molecule has 0 aliphatic carbocycles. The summed E-state index contributed by atoms with van der Waals surface area (Å²) < 4.78 is 60.2. The van der Waals surface area contributed by atoms with Gasteiger partial charge < -0.3 is 5.32 Å². The van der Waals surface area contributed by atoms with Gasteiger partial charge in [0.15, 0.2) is 0 Å². The van der Waals surface area contributed by atoms with Gasteiger partial charge in [-0.15, -0.1) is 0 Å². The maximum Gasteiger partial charge on any atom is 0.402 e. The zero-order valence-electron chi connectivity index (χ0n) is 9.69. The third-order valence-corrected chi connectivity index (χ3v) is 3.89. The summed E-state index contributed by atoms with van der Waals surface area (Å²) in [5.74, 6) is 0.424. The zero-order chi connectivity index (χ0) is 14.0. The largest absolute Gasteiger partial charge is 0.402 e. The van der Waals surface area contributed by atoms with E-state index in [-0.39, 0.29) is 9.20 Å². The molecule has 0 bridgehead atoms. The van der Waals surface area contributed by atoms with Crippen LogP contribution < -0.4 is 5.32 Å². The minimum Gasteiger partial charge on any atom is -0.373 e. The predicted molar refractivity (Wildman–Crippen MR) is 59.7 cm³/mol. The maximum absolute atomic E-state index is 12.1. The standard InChI is InChI=1S/C9H12F3N3O2S/c1-13-8-4-3-7(5-14-8)18(16,17)15(2)6-9(10,11)12/h3-5H,6H2,1-2H3,(H,13,14). The minimum absolute atomic E-state index is 0.239. The van der Waals surface area contributed by atoms with Gasteiger partial charge in [0, 0.05) is 20.3 Å². The van der Waals surface area contributed by atoms with Gasteiger partial charge >= 0.3 is 6.18 Å². The maximum atomic E-state index is 12.1. The molecule has 0 aliphatic rings. The van der Waals surface area contributed by atoms with Crippen LogP contribution in [0.25, 0.3) is 0 Å². The minimum atomic E-state index is -4.58. The van der Waals surface area contributed by atoms with Gasteiger partial charge in [0.2, 0.25) is 10.0 Å². The number of sulfonamides is 1. The molecule has 18 heavy (non-hydrogen) atoms. The molecule has 1 N–H and O–H groups in total. The fourth-order valence-electron chi connectivity index (χ4n) is 1.20. The van der Waals surface area contributed by atoms with Crippen LogP contribution in [0.5, 0.6) is 0 Å². The van der Waals surface area contributed by atoms with Crippen LogP contribution >= 0.6 is 0 Å². The van der Waals surface area contributed by atoms with Crippen molar-refractivity contribution in [2.45, 2.75) is 11.1 Å². The highest BCUT2D eigenvalue weighted by molar-refractivity contribution is 7.89. The first-order chi connectivity index (χ1) is 8.16. The fourth-order valence-corrected chi connectivity index (χ4v) is 2.30. The number of hydrogen-bond donors (Lipinski definition) is 1. The van der Waals surface area contributed by atoms with E-state index >= 15 is 0 Å². The number of rotatable bonds is 4. The van der Waals surface area contributed by atoms with Crippen LogP contribution in [0.4, 0.5) is 19.0 Å². The molecule has 0 atom stereocenters. The normalized spacial score (nSPS) is 12.8. The molecule has 9 heteroatoms. The van der Waals surface area contributed by atoms with E-state index < -0.39 is 22.7 Å². The number of anilines is 1. The molecule has 1 aromatic rings. The smallest absolute Gasteiger partial charge is 0.373 e. The lowest BCUT2D eigenvalue weighted by Gasteiger charge is -2.18. The summed E-state index contributed by atoms with van der Waals surface area (Å²) in [6.45, 7) is -1.54. The van der Waals surface area contributed by atoms with E-state index in [1.165, 1.54) is 12.1 Å². The fraction of sp³-hybridized carbons (Fsp3) is 0.444. The van der Waals surface area contributed by atoms with Gasteiger partial charge in [0.25, 0.3) is 0 Å². The van der Waals surface area contributed by atoms with Crippen LogP contribution in [-0.2, 0) is 10.0 Å². The molecule has 102 valence electrons. The van der Waals surface area contributed by atoms with E-state index in [1.54, 1.807) is 7.05 Å². The Morgan fingerprint density at radius 1 is 1.39 bits per heavy atom. The van der Waals surface area contributed by atoms with Gasteiger partial charge in [0.05, 0.1) is 0 Å². The van der Waals surface area contributed by atoms with Crippen molar-refractivity contribution >= 4 is 15.8 Å². The van der Waals surface area contributed by atoms with Crippen molar-refractivity contribution < 1.29 is 21.6 Å². The van der Waals surface area contributed by atoms with E-state index in [9.17, 15) is 21.6 Å². The molecule has 5 nitrogen and oxygen atoms in total. The molecule has 0 saturated carbocycles. The van der Waals surface area contributed by atoms with E-state index in [0.717, 1.165) is 13.2 Å². The lowest BCUT2D eigenvalue weighted by atomic mass is 10.5. The summed E-state index contributed by atoms with van der Waals surface area (Å²) in [7, 11) is -1.71. The molecule has 1 rings (SSSR count). The van der Waals surface area contributed by atoms with Gasteiger partial charge in [-0.2, -0.15) is 17.5 Å². The van der Waals surface area contributed by atoms with Crippen molar-refractivity contribution in [1.82, 2.24) is 9.29 Å². The van der Waals surface area contributed by atoms with Crippen LogP contribution in [0, 0.1) is 0 Å². The Morgan fingerprint density at radius 3 is 2.39 bits per heavy atom. The van der Waals surface area contributed by atoms with E-state index in [4.69, 9.17) is 0 Å². The Balaban J connectivity index is 2.98. The average Bonchev–Trinajstić information content (AvgIpc) is 2.27. The number of alkyl halides is 3. The molecule has 0 aromatic carbocycles. The lowest BCUT2D eigenvalue weighted by molar-refractivity contribution is -0.134. The predicted octanol–water partition coefficient (Wildman–Crippen LogP) is 1.31. The van der Waals surface area contributed by atoms with Crippen molar-refractivity contribution in [3.05, 3.63) is 18.3 Å². The molecular weight excluding hydrogens is 271 g/mol. The van der Waals surface area contributed by atoms with Gasteiger partial charge in [-0.05, 0) is 12.1 Å². The van der Waals surface area contributed by atoms with Crippen LogP contribution in [0.2, 0.25) is 0 Å². The second-order valence-corrected chi connectivity index (χ2v) is 5.55. The first kappa shape index (κ1) is 14.7. The number of nitrogens with one attached hydrogen (secondary N) is 1.